The third-order valence-corrected chi connectivity index (χ3v) is 2.05. The van der Waals surface area contributed by atoms with E-state index in [1.54, 1.807) is 6.92 Å². The van der Waals surface area contributed by atoms with Crippen LogP contribution in [0.15, 0.2) is 28.7 Å². The highest BCUT2D eigenvalue weighted by Gasteiger charge is 2.09. The van der Waals surface area contributed by atoms with Gasteiger partial charge in [-0.3, -0.25) is 0 Å². The van der Waals surface area contributed by atoms with Crippen LogP contribution in [0.2, 0.25) is 0 Å². The van der Waals surface area contributed by atoms with E-state index in [4.69, 9.17) is 4.42 Å². The minimum atomic E-state index is 0.559. The number of anilines is 1. The maximum Gasteiger partial charge on any atom is 0.249 e. The molecule has 0 unspecified atom stereocenters. The van der Waals surface area contributed by atoms with Gasteiger partial charge in [0.05, 0.1) is 5.56 Å². The van der Waals surface area contributed by atoms with Crippen molar-refractivity contribution < 1.29 is 4.42 Å². The summed E-state index contributed by atoms with van der Waals surface area (Å²) in [5.74, 6) is 1.14. The lowest BCUT2D eigenvalue weighted by atomic mass is 10.2. The first-order valence-electron chi connectivity index (χ1n) is 4.94. The van der Waals surface area contributed by atoms with Crippen LogP contribution in [0.25, 0.3) is 11.5 Å². The topological polar surface area (TPSA) is 51.0 Å². The van der Waals surface area contributed by atoms with Gasteiger partial charge in [-0.15, -0.1) is 10.2 Å². The molecule has 0 atom stereocenters. The lowest BCUT2D eigenvalue weighted by Crippen LogP contribution is -1.98. The predicted octanol–water partition coefficient (Wildman–Crippen LogP) is 2.48. The summed E-state index contributed by atoms with van der Waals surface area (Å²) in [4.78, 5) is 0. The molecular weight excluding hydrogens is 190 g/mol. The highest BCUT2D eigenvalue weighted by atomic mass is 16.4. The van der Waals surface area contributed by atoms with E-state index in [-0.39, 0.29) is 0 Å². The number of para-hydroxylation sites is 1. The van der Waals surface area contributed by atoms with Crippen molar-refractivity contribution in [2.24, 2.45) is 0 Å². The summed E-state index contributed by atoms with van der Waals surface area (Å²) in [6.07, 6.45) is 0. The van der Waals surface area contributed by atoms with Crippen molar-refractivity contribution in [2.45, 2.75) is 13.8 Å². The van der Waals surface area contributed by atoms with Gasteiger partial charge < -0.3 is 9.73 Å². The molecule has 0 saturated heterocycles. The molecule has 78 valence electrons. The number of hydrogen-bond acceptors (Lipinski definition) is 4. The second-order valence-electron chi connectivity index (χ2n) is 3.20. The summed E-state index contributed by atoms with van der Waals surface area (Å²) < 4.78 is 5.39. The lowest BCUT2D eigenvalue weighted by Gasteiger charge is -2.06. The molecule has 15 heavy (non-hydrogen) atoms. The van der Waals surface area contributed by atoms with E-state index in [1.165, 1.54) is 0 Å². The normalized spacial score (nSPS) is 10.3. The van der Waals surface area contributed by atoms with Crippen LogP contribution in [0.3, 0.4) is 0 Å². The molecule has 0 spiro atoms. The number of aryl methyl sites for hydroxylation is 1. The Morgan fingerprint density at radius 1 is 1.27 bits per heavy atom. The Morgan fingerprint density at radius 3 is 2.73 bits per heavy atom. The standard InChI is InChI=1S/C11H13N3O/c1-3-12-10-7-5-4-6-9(10)11-14-13-8(2)15-11/h4-7,12H,3H2,1-2H3. The van der Waals surface area contributed by atoms with Crippen molar-refractivity contribution in [3.63, 3.8) is 0 Å². The second kappa shape index (κ2) is 4.13. The Kier molecular flexibility index (Phi) is 2.67. The molecule has 1 aromatic heterocycles. The van der Waals surface area contributed by atoms with E-state index in [0.29, 0.717) is 11.8 Å². The van der Waals surface area contributed by atoms with Crippen LogP contribution in [0, 0.1) is 6.92 Å². The molecule has 0 saturated carbocycles. The fourth-order valence-electron chi connectivity index (χ4n) is 1.42. The molecule has 0 fully saturated rings. The lowest BCUT2D eigenvalue weighted by molar-refractivity contribution is 0.533. The molecular formula is C11H13N3O. The van der Waals surface area contributed by atoms with Gasteiger partial charge in [0.25, 0.3) is 0 Å². The molecule has 1 heterocycles. The number of nitrogens with zero attached hydrogens (tertiary/aromatic N) is 2. The molecule has 1 N–H and O–H groups in total. The van der Waals surface area contributed by atoms with Crippen LogP contribution in [-0.4, -0.2) is 16.7 Å². The van der Waals surface area contributed by atoms with Crippen molar-refractivity contribution in [3.8, 4) is 11.5 Å². The van der Waals surface area contributed by atoms with Crippen LogP contribution in [0.5, 0.6) is 0 Å². The molecule has 0 aliphatic heterocycles. The number of benzene rings is 1. The van der Waals surface area contributed by atoms with Crippen LogP contribution in [0.1, 0.15) is 12.8 Å². The largest absolute Gasteiger partial charge is 0.421 e. The van der Waals surface area contributed by atoms with E-state index in [2.05, 4.69) is 22.4 Å². The van der Waals surface area contributed by atoms with Gasteiger partial charge in [-0.1, -0.05) is 12.1 Å². The first-order valence-corrected chi connectivity index (χ1v) is 4.94. The summed E-state index contributed by atoms with van der Waals surface area (Å²) in [6, 6.07) is 7.89. The van der Waals surface area contributed by atoms with Crippen molar-refractivity contribution in [2.75, 3.05) is 11.9 Å². The van der Waals surface area contributed by atoms with E-state index >= 15 is 0 Å². The Labute approximate surface area is 88.3 Å². The monoisotopic (exact) mass is 203 g/mol. The summed E-state index contributed by atoms with van der Waals surface area (Å²) >= 11 is 0. The molecule has 0 aliphatic rings. The molecule has 2 aromatic rings. The number of hydrogen-bond donors (Lipinski definition) is 1. The van der Waals surface area contributed by atoms with Crippen molar-refractivity contribution in [3.05, 3.63) is 30.2 Å². The Bertz CT molecular complexity index is 451. The first-order chi connectivity index (χ1) is 7.31. The van der Waals surface area contributed by atoms with Crippen molar-refractivity contribution >= 4 is 5.69 Å². The average molecular weight is 203 g/mol. The number of nitrogens with one attached hydrogen (secondary N) is 1. The third kappa shape index (κ3) is 1.98. The van der Waals surface area contributed by atoms with Gasteiger partial charge in [0.1, 0.15) is 0 Å². The summed E-state index contributed by atoms with van der Waals surface area (Å²) in [5, 5.41) is 11.1. The summed E-state index contributed by atoms with van der Waals surface area (Å²) in [5.41, 5.74) is 1.96. The summed E-state index contributed by atoms with van der Waals surface area (Å²) in [6.45, 7) is 4.70. The minimum absolute atomic E-state index is 0.559. The number of rotatable bonds is 3. The molecule has 1 aromatic carbocycles. The minimum Gasteiger partial charge on any atom is -0.421 e. The van der Waals surface area contributed by atoms with Crippen LogP contribution >= 0.6 is 0 Å². The highest BCUT2D eigenvalue weighted by molar-refractivity contribution is 5.72. The quantitative estimate of drug-likeness (QED) is 0.832. The van der Waals surface area contributed by atoms with E-state index in [1.807, 2.05) is 24.3 Å². The molecule has 0 aliphatic carbocycles. The van der Waals surface area contributed by atoms with Gasteiger partial charge in [-0.05, 0) is 19.1 Å². The highest BCUT2D eigenvalue weighted by Crippen LogP contribution is 2.26. The average Bonchev–Trinajstić information content (AvgIpc) is 2.66. The Balaban J connectivity index is 2.42. The molecule has 4 heteroatoms. The zero-order chi connectivity index (χ0) is 10.7. The molecule has 0 bridgehead atoms. The van der Waals surface area contributed by atoms with E-state index in [0.717, 1.165) is 17.8 Å². The van der Waals surface area contributed by atoms with Crippen LogP contribution < -0.4 is 5.32 Å². The van der Waals surface area contributed by atoms with Gasteiger partial charge in [-0.25, -0.2) is 0 Å². The van der Waals surface area contributed by atoms with E-state index in [9.17, 15) is 0 Å². The van der Waals surface area contributed by atoms with Gasteiger partial charge in [0.15, 0.2) is 0 Å². The van der Waals surface area contributed by atoms with Crippen LogP contribution in [-0.2, 0) is 0 Å². The van der Waals surface area contributed by atoms with Gasteiger partial charge in [-0.2, -0.15) is 0 Å². The summed E-state index contributed by atoms with van der Waals surface area (Å²) in [7, 11) is 0. The van der Waals surface area contributed by atoms with Crippen LogP contribution in [0.4, 0.5) is 5.69 Å². The number of aromatic nitrogens is 2. The van der Waals surface area contributed by atoms with Gasteiger partial charge in [0.2, 0.25) is 11.8 Å². The maximum absolute atomic E-state index is 5.39. The Morgan fingerprint density at radius 2 is 2.07 bits per heavy atom. The van der Waals surface area contributed by atoms with Crippen molar-refractivity contribution in [1.82, 2.24) is 10.2 Å². The maximum atomic E-state index is 5.39. The Hall–Kier alpha value is -1.84. The first kappa shape index (κ1) is 9.71. The molecule has 4 nitrogen and oxygen atoms in total. The molecule has 0 amide bonds. The predicted molar refractivity (Wildman–Crippen MR) is 58.6 cm³/mol. The molecule has 2 rings (SSSR count). The fourth-order valence-corrected chi connectivity index (χ4v) is 1.42. The second-order valence-corrected chi connectivity index (χ2v) is 3.20. The van der Waals surface area contributed by atoms with Crippen molar-refractivity contribution in [1.29, 1.82) is 0 Å². The van der Waals surface area contributed by atoms with E-state index < -0.39 is 0 Å². The SMILES string of the molecule is CCNc1ccccc1-c1nnc(C)o1. The smallest absolute Gasteiger partial charge is 0.249 e. The zero-order valence-electron chi connectivity index (χ0n) is 8.82. The van der Waals surface area contributed by atoms with Gasteiger partial charge >= 0.3 is 0 Å². The fraction of sp³-hybridized carbons (Fsp3) is 0.273. The van der Waals surface area contributed by atoms with Gasteiger partial charge in [0, 0.05) is 19.2 Å². The third-order valence-electron chi connectivity index (χ3n) is 2.05. The molecule has 0 radical (unpaired) electrons. The zero-order valence-corrected chi connectivity index (χ0v) is 8.82.